The fraction of sp³-hybridized carbons (Fsp3) is 0.500. The molecule has 3 rings (SSSR count). The average Bonchev–Trinajstić information content (AvgIpc) is 2.84. The molecule has 6 heteroatoms. The summed E-state index contributed by atoms with van der Waals surface area (Å²) in [6, 6.07) is 8.04. The summed E-state index contributed by atoms with van der Waals surface area (Å²) in [6.45, 7) is 4.50. The topological polar surface area (TPSA) is 73.9 Å². The molecule has 3 heterocycles. The van der Waals surface area contributed by atoms with Crippen LogP contribution in [0.3, 0.4) is 0 Å². The van der Waals surface area contributed by atoms with Gasteiger partial charge in [0, 0.05) is 17.9 Å². The van der Waals surface area contributed by atoms with Gasteiger partial charge in [0.05, 0.1) is 24.4 Å². The van der Waals surface area contributed by atoms with Crippen LogP contribution in [0.25, 0.3) is 0 Å². The fourth-order valence-corrected chi connectivity index (χ4v) is 3.22. The molecule has 1 aliphatic heterocycles. The molecule has 128 valence electrons. The first-order valence-corrected chi connectivity index (χ1v) is 8.63. The highest BCUT2D eigenvalue weighted by atomic mass is 16.2. The van der Waals surface area contributed by atoms with E-state index in [0.717, 1.165) is 49.4 Å². The van der Waals surface area contributed by atoms with Crippen LogP contribution in [0.2, 0.25) is 0 Å². The molecule has 1 aliphatic rings. The molecule has 1 saturated heterocycles. The Hall–Kier alpha value is -2.21. The number of aryl methyl sites for hydroxylation is 1. The third-order valence-electron chi connectivity index (χ3n) is 4.46. The Bertz CT molecular complexity index is 646. The third kappa shape index (κ3) is 4.41. The van der Waals surface area contributed by atoms with Gasteiger partial charge in [-0.05, 0) is 57.5 Å². The molecule has 2 aromatic heterocycles. The summed E-state index contributed by atoms with van der Waals surface area (Å²) in [5.41, 5.74) is 2.71. The lowest BCUT2D eigenvalue weighted by molar-refractivity contribution is -0.133. The first kappa shape index (κ1) is 16.6. The first-order valence-electron chi connectivity index (χ1n) is 8.63. The molecule has 1 amide bonds. The first-order chi connectivity index (χ1) is 11.7. The van der Waals surface area contributed by atoms with Gasteiger partial charge in [0.15, 0.2) is 0 Å². The average molecular weight is 327 g/mol. The Morgan fingerprint density at radius 2 is 2.21 bits per heavy atom. The molecule has 0 aromatic carbocycles. The van der Waals surface area contributed by atoms with E-state index in [1.807, 2.05) is 36.1 Å². The monoisotopic (exact) mass is 327 g/mol. The number of H-pyrrole nitrogens is 1. The summed E-state index contributed by atoms with van der Waals surface area (Å²) in [5.74, 6) is 0.124. The predicted octanol–water partition coefficient (Wildman–Crippen LogP) is 1.83. The van der Waals surface area contributed by atoms with E-state index in [4.69, 9.17) is 0 Å². The summed E-state index contributed by atoms with van der Waals surface area (Å²) in [6.07, 6.45) is 5.23. The molecule has 0 radical (unpaired) electrons. The zero-order valence-corrected chi connectivity index (χ0v) is 14.2. The number of hydrogen-bond acceptors (Lipinski definition) is 4. The number of amides is 1. The van der Waals surface area contributed by atoms with E-state index in [1.54, 1.807) is 6.20 Å². The van der Waals surface area contributed by atoms with Crippen LogP contribution in [0, 0.1) is 6.92 Å². The Balaban J connectivity index is 1.75. The molecular formula is C18H25N5O. The predicted molar refractivity (Wildman–Crippen MR) is 92.3 cm³/mol. The SMILES string of the molecule is Cc1cc(CC(=O)N(Cc2ccccn2)C2CCCNCC2)n[nH]1. The van der Waals surface area contributed by atoms with Crippen LogP contribution >= 0.6 is 0 Å². The number of carbonyl (C=O) groups is 1. The molecule has 0 aliphatic carbocycles. The van der Waals surface area contributed by atoms with Crippen LogP contribution in [0.5, 0.6) is 0 Å². The highest BCUT2D eigenvalue weighted by Gasteiger charge is 2.25. The maximum atomic E-state index is 13.0. The largest absolute Gasteiger partial charge is 0.333 e. The standard InChI is InChI=1S/C18H25N5O/c1-14-11-16(22-21-14)12-18(24)23(13-15-5-2-3-9-20-15)17-6-4-8-19-10-7-17/h2-3,5,9,11,17,19H,4,6-8,10,12-13H2,1H3,(H,21,22). The lowest BCUT2D eigenvalue weighted by Crippen LogP contribution is -2.41. The van der Waals surface area contributed by atoms with Crippen molar-refractivity contribution in [3.05, 3.63) is 47.5 Å². The van der Waals surface area contributed by atoms with Gasteiger partial charge in [0.25, 0.3) is 0 Å². The Morgan fingerprint density at radius 3 is 2.96 bits per heavy atom. The van der Waals surface area contributed by atoms with E-state index in [0.29, 0.717) is 13.0 Å². The fourth-order valence-electron chi connectivity index (χ4n) is 3.22. The van der Waals surface area contributed by atoms with Crippen LogP contribution in [0.15, 0.2) is 30.5 Å². The molecular weight excluding hydrogens is 302 g/mol. The van der Waals surface area contributed by atoms with Crippen LogP contribution in [0.1, 0.15) is 36.3 Å². The summed E-state index contributed by atoms with van der Waals surface area (Å²) in [7, 11) is 0. The number of aromatic amines is 1. The molecule has 6 nitrogen and oxygen atoms in total. The normalized spacial score (nSPS) is 18.1. The molecule has 0 spiro atoms. The summed E-state index contributed by atoms with van der Waals surface area (Å²) in [4.78, 5) is 19.4. The Kier molecular flexibility index (Phi) is 5.59. The van der Waals surface area contributed by atoms with E-state index >= 15 is 0 Å². The van der Waals surface area contributed by atoms with E-state index in [-0.39, 0.29) is 11.9 Å². The van der Waals surface area contributed by atoms with Crippen LogP contribution in [-0.4, -0.2) is 45.1 Å². The van der Waals surface area contributed by atoms with Gasteiger partial charge in [-0.15, -0.1) is 0 Å². The van der Waals surface area contributed by atoms with Crippen LogP contribution in [0.4, 0.5) is 0 Å². The summed E-state index contributed by atoms with van der Waals surface area (Å²) < 4.78 is 0. The smallest absolute Gasteiger partial charge is 0.229 e. The minimum absolute atomic E-state index is 0.124. The maximum absolute atomic E-state index is 13.0. The number of hydrogen-bond donors (Lipinski definition) is 2. The van der Waals surface area contributed by atoms with Gasteiger partial charge in [-0.3, -0.25) is 14.9 Å². The zero-order chi connectivity index (χ0) is 16.8. The Labute approximate surface area is 142 Å². The van der Waals surface area contributed by atoms with Gasteiger partial charge >= 0.3 is 0 Å². The van der Waals surface area contributed by atoms with Gasteiger partial charge in [-0.25, -0.2) is 0 Å². The van der Waals surface area contributed by atoms with Crippen LogP contribution in [-0.2, 0) is 17.8 Å². The van der Waals surface area contributed by atoms with Crippen LogP contribution < -0.4 is 5.32 Å². The number of nitrogens with one attached hydrogen (secondary N) is 2. The van der Waals surface area contributed by atoms with E-state index in [9.17, 15) is 4.79 Å². The van der Waals surface area contributed by atoms with Crippen molar-refractivity contribution in [2.45, 2.75) is 45.2 Å². The number of aromatic nitrogens is 3. The molecule has 24 heavy (non-hydrogen) atoms. The van der Waals surface area contributed by atoms with Crippen molar-refractivity contribution in [1.29, 1.82) is 0 Å². The van der Waals surface area contributed by atoms with Gasteiger partial charge in [0.1, 0.15) is 0 Å². The molecule has 1 unspecified atom stereocenters. The molecule has 1 fully saturated rings. The molecule has 0 bridgehead atoms. The second-order valence-corrected chi connectivity index (χ2v) is 6.40. The van der Waals surface area contributed by atoms with Crippen molar-refractivity contribution < 1.29 is 4.79 Å². The lowest BCUT2D eigenvalue weighted by Gasteiger charge is -2.31. The number of rotatable bonds is 5. The minimum atomic E-state index is 0.124. The third-order valence-corrected chi connectivity index (χ3v) is 4.46. The van der Waals surface area contributed by atoms with Crippen molar-refractivity contribution in [1.82, 2.24) is 25.4 Å². The Morgan fingerprint density at radius 1 is 1.29 bits per heavy atom. The van der Waals surface area contributed by atoms with Crippen molar-refractivity contribution in [2.24, 2.45) is 0 Å². The van der Waals surface area contributed by atoms with Gasteiger partial charge in [-0.2, -0.15) is 5.10 Å². The zero-order valence-electron chi connectivity index (χ0n) is 14.2. The van der Waals surface area contributed by atoms with Crippen molar-refractivity contribution in [2.75, 3.05) is 13.1 Å². The second kappa shape index (κ2) is 8.06. The van der Waals surface area contributed by atoms with Gasteiger partial charge in [-0.1, -0.05) is 6.07 Å². The summed E-state index contributed by atoms with van der Waals surface area (Å²) in [5, 5.41) is 10.5. The van der Waals surface area contributed by atoms with E-state index in [2.05, 4.69) is 20.5 Å². The number of nitrogens with zero attached hydrogens (tertiary/aromatic N) is 3. The highest BCUT2D eigenvalue weighted by Crippen LogP contribution is 2.18. The van der Waals surface area contributed by atoms with Gasteiger partial charge in [0.2, 0.25) is 5.91 Å². The molecule has 1 atom stereocenters. The quantitative estimate of drug-likeness (QED) is 0.878. The second-order valence-electron chi connectivity index (χ2n) is 6.40. The van der Waals surface area contributed by atoms with E-state index in [1.165, 1.54) is 0 Å². The van der Waals surface area contributed by atoms with Crippen molar-refractivity contribution >= 4 is 5.91 Å². The maximum Gasteiger partial charge on any atom is 0.229 e. The van der Waals surface area contributed by atoms with Crippen molar-refractivity contribution in [3.63, 3.8) is 0 Å². The minimum Gasteiger partial charge on any atom is -0.333 e. The van der Waals surface area contributed by atoms with E-state index < -0.39 is 0 Å². The van der Waals surface area contributed by atoms with Gasteiger partial charge < -0.3 is 10.2 Å². The molecule has 2 aromatic rings. The summed E-state index contributed by atoms with van der Waals surface area (Å²) >= 11 is 0. The molecule has 0 saturated carbocycles. The number of carbonyl (C=O) groups excluding carboxylic acids is 1. The van der Waals surface area contributed by atoms with Crippen molar-refractivity contribution in [3.8, 4) is 0 Å². The highest BCUT2D eigenvalue weighted by molar-refractivity contribution is 5.78. The molecule has 2 N–H and O–H groups in total. The number of pyridine rings is 1. The lowest BCUT2D eigenvalue weighted by atomic mass is 10.1.